The van der Waals surface area contributed by atoms with Crippen molar-refractivity contribution in [3.8, 4) is 11.5 Å². The molecule has 0 saturated carbocycles. The van der Waals surface area contributed by atoms with Gasteiger partial charge in [0.15, 0.2) is 12.4 Å². The second-order valence-corrected chi connectivity index (χ2v) is 8.19. The smallest absolute Gasteiger partial charge is 0.341 e. The minimum absolute atomic E-state index is 0.0143. The lowest BCUT2D eigenvalue weighted by atomic mass is 10.1. The highest BCUT2D eigenvalue weighted by Crippen LogP contribution is 2.32. The normalized spacial score (nSPS) is 13.8. The fourth-order valence-electron chi connectivity index (χ4n) is 3.46. The first-order valence-corrected chi connectivity index (χ1v) is 10.5. The molecule has 1 aliphatic carbocycles. The summed E-state index contributed by atoms with van der Waals surface area (Å²) in [6.45, 7) is -0.0554. The molecule has 0 spiro atoms. The zero-order valence-corrected chi connectivity index (χ0v) is 18.3. The van der Waals surface area contributed by atoms with E-state index in [0.717, 1.165) is 16.7 Å². The molecule has 0 heterocycles. The molecule has 32 heavy (non-hydrogen) atoms. The van der Waals surface area contributed by atoms with Crippen LogP contribution in [0.5, 0.6) is 11.5 Å². The third-order valence-electron chi connectivity index (χ3n) is 4.91. The number of ketones is 1. The number of carboxylic acids is 1. The maximum atomic E-state index is 12.8. The Balaban J connectivity index is 1.42. The number of carboxylic acid groups (broad SMARTS) is 1. The number of carbonyl (C=O) groups excluding carboxylic acids is 1. The van der Waals surface area contributed by atoms with Crippen LogP contribution in [0.2, 0.25) is 10.0 Å². The molecule has 3 aromatic rings. The Morgan fingerprint density at radius 1 is 0.938 bits per heavy atom. The second kappa shape index (κ2) is 9.47. The molecular weight excluding hydrogens is 451 g/mol. The van der Waals surface area contributed by atoms with Crippen LogP contribution in [0.25, 0.3) is 6.08 Å². The van der Waals surface area contributed by atoms with Crippen LogP contribution in [0.15, 0.2) is 66.2 Å². The summed E-state index contributed by atoms with van der Waals surface area (Å²) < 4.78 is 11.0. The number of aliphatic carboxylic acids is 1. The van der Waals surface area contributed by atoms with E-state index < -0.39 is 5.97 Å². The van der Waals surface area contributed by atoms with E-state index in [4.69, 9.17) is 37.8 Å². The molecule has 0 bridgehead atoms. The van der Waals surface area contributed by atoms with Crippen LogP contribution in [-0.4, -0.2) is 23.5 Å². The van der Waals surface area contributed by atoms with E-state index in [1.807, 2.05) is 24.3 Å². The average Bonchev–Trinajstić information content (AvgIpc) is 3.05. The number of fused-ring (bicyclic) bond motifs is 1. The van der Waals surface area contributed by atoms with Gasteiger partial charge in [0, 0.05) is 27.6 Å². The van der Waals surface area contributed by atoms with Gasteiger partial charge in [-0.15, -0.1) is 0 Å². The van der Waals surface area contributed by atoms with Crippen LogP contribution in [0, 0.1) is 0 Å². The minimum Gasteiger partial charge on any atom is -0.489 e. The molecule has 0 atom stereocenters. The number of benzene rings is 3. The van der Waals surface area contributed by atoms with Crippen molar-refractivity contribution in [2.45, 2.75) is 13.0 Å². The lowest BCUT2D eigenvalue weighted by Crippen LogP contribution is -2.09. The molecule has 0 aromatic heterocycles. The third-order valence-corrected chi connectivity index (χ3v) is 5.35. The Morgan fingerprint density at radius 2 is 1.62 bits per heavy atom. The van der Waals surface area contributed by atoms with Crippen molar-refractivity contribution >= 4 is 41.0 Å². The van der Waals surface area contributed by atoms with Crippen molar-refractivity contribution in [1.82, 2.24) is 0 Å². The summed E-state index contributed by atoms with van der Waals surface area (Å²) in [5.74, 6) is 0.101. The molecule has 1 aliphatic rings. The van der Waals surface area contributed by atoms with Gasteiger partial charge in [-0.05, 0) is 71.3 Å². The van der Waals surface area contributed by atoms with Gasteiger partial charge in [-0.25, -0.2) is 4.79 Å². The van der Waals surface area contributed by atoms with Crippen molar-refractivity contribution in [2.24, 2.45) is 0 Å². The first kappa shape index (κ1) is 21.9. The Morgan fingerprint density at radius 3 is 2.31 bits per heavy atom. The fourth-order valence-corrected chi connectivity index (χ4v) is 4.00. The number of ether oxygens (including phenoxy) is 2. The number of carbonyl (C=O) groups is 2. The van der Waals surface area contributed by atoms with E-state index >= 15 is 0 Å². The van der Waals surface area contributed by atoms with E-state index in [9.17, 15) is 9.59 Å². The van der Waals surface area contributed by atoms with E-state index in [0.29, 0.717) is 45.7 Å². The third kappa shape index (κ3) is 5.31. The average molecular weight is 469 g/mol. The monoisotopic (exact) mass is 468 g/mol. The van der Waals surface area contributed by atoms with Gasteiger partial charge in [0.05, 0.1) is 0 Å². The topological polar surface area (TPSA) is 72.8 Å². The Bertz CT molecular complexity index is 1200. The van der Waals surface area contributed by atoms with Gasteiger partial charge in [0.2, 0.25) is 0 Å². The molecule has 0 unspecified atom stereocenters. The van der Waals surface area contributed by atoms with Crippen LogP contribution in [-0.2, 0) is 17.8 Å². The van der Waals surface area contributed by atoms with E-state index in [1.54, 1.807) is 42.5 Å². The number of rotatable bonds is 7. The van der Waals surface area contributed by atoms with Crippen molar-refractivity contribution in [3.63, 3.8) is 0 Å². The predicted molar refractivity (Wildman–Crippen MR) is 123 cm³/mol. The van der Waals surface area contributed by atoms with Crippen molar-refractivity contribution in [3.05, 3.63) is 98.5 Å². The molecule has 0 aliphatic heterocycles. The minimum atomic E-state index is -1.03. The predicted octanol–water partition coefficient (Wildman–Crippen LogP) is 5.86. The molecule has 0 saturated heterocycles. The summed E-state index contributed by atoms with van der Waals surface area (Å²) in [4.78, 5) is 23.3. The van der Waals surface area contributed by atoms with Gasteiger partial charge in [-0.3, -0.25) is 4.79 Å². The summed E-state index contributed by atoms with van der Waals surface area (Å²) in [6.07, 6.45) is 2.32. The number of hydrogen-bond acceptors (Lipinski definition) is 4. The van der Waals surface area contributed by atoms with Crippen LogP contribution in [0.1, 0.15) is 27.0 Å². The van der Waals surface area contributed by atoms with Gasteiger partial charge in [0.1, 0.15) is 18.1 Å². The molecule has 1 N–H and O–H groups in total. The van der Waals surface area contributed by atoms with Gasteiger partial charge in [-0.2, -0.15) is 0 Å². The molecule has 162 valence electrons. The summed E-state index contributed by atoms with van der Waals surface area (Å²) in [7, 11) is 0. The van der Waals surface area contributed by atoms with E-state index in [-0.39, 0.29) is 12.4 Å². The zero-order valence-electron chi connectivity index (χ0n) is 16.8. The van der Waals surface area contributed by atoms with Gasteiger partial charge < -0.3 is 14.6 Å². The van der Waals surface area contributed by atoms with E-state index in [2.05, 4.69) is 0 Å². The maximum Gasteiger partial charge on any atom is 0.341 e. The van der Waals surface area contributed by atoms with Crippen molar-refractivity contribution in [1.29, 1.82) is 0 Å². The highest BCUT2D eigenvalue weighted by atomic mass is 35.5. The lowest BCUT2D eigenvalue weighted by Gasteiger charge is -2.09. The quantitative estimate of drug-likeness (QED) is 0.439. The Kier molecular flexibility index (Phi) is 6.49. The van der Waals surface area contributed by atoms with Crippen LogP contribution < -0.4 is 9.47 Å². The number of halogens is 2. The Hall–Kier alpha value is -3.28. The van der Waals surface area contributed by atoms with Crippen LogP contribution >= 0.6 is 23.2 Å². The maximum absolute atomic E-state index is 12.8. The number of allylic oxidation sites excluding steroid dienone is 1. The summed E-state index contributed by atoms with van der Waals surface area (Å²) in [5.41, 5.74) is 3.93. The fraction of sp³-hybridized carbons (Fsp3) is 0.120. The first-order chi connectivity index (χ1) is 15.4. The molecule has 7 heteroatoms. The SMILES string of the molecule is O=C(O)COc1ccc(COc2ccc3c(c2)CC(=Cc2cc(Cl)cc(Cl)c2)C3=O)cc1. The van der Waals surface area contributed by atoms with Gasteiger partial charge in [0.25, 0.3) is 0 Å². The summed E-state index contributed by atoms with van der Waals surface area (Å²) in [6, 6.07) is 17.6. The van der Waals surface area contributed by atoms with Crippen molar-refractivity contribution in [2.75, 3.05) is 6.61 Å². The highest BCUT2D eigenvalue weighted by molar-refractivity contribution is 6.34. The molecule has 0 amide bonds. The molecule has 5 nitrogen and oxygen atoms in total. The Labute approximate surface area is 194 Å². The number of Topliss-reactive ketones (excluding diaryl/α,β-unsaturated/α-hetero) is 1. The second-order valence-electron chi connectivity index (χ2n) is 7.31. The molecule has 0 radical (unpaired) electrons. The molecule has 3 aromatic carbocycles. The van der Waals surface area contributed by atoms with Crippen LogP contribution in [0.4, 0.5) is 0 Å². The van der Waals surface area contributed by atoms with Crippen LogP contribution in [0.3, 0.4) is 0 Å². The first-order valence-electron chi connectivity index (χ1n) is 9.78. The lowest BCUT2D eigenvalue weighted by molar-refractivity contribution is -0.139. The largest absolute Gasteiger partial charge is 0.489 e. The standard InChI is InChI=1S/C25H18Cl2O5/c26-19-8-16(9-20(27)12-19)7-18-10-17-11-22(5-6-23(17)25(18)30)31-13-15-1-3-21(4-2-15)32-14-24(28)29/h1-9,11-12H,10,13-14H2,(H,28,29). The van der Waals surface area contributed by atoms with Gasteiger partial charge >= 0.3 is 5.97 Å². The molecule has 0 fully saturated rings. The zero-order chi connectivity index (χ0) is 22.7. The summed E-state index contributed by atoms with van der Waals surface area (Å²) >= 11 is 12.1. The van der Waals surface area contributed by atoms with Crippen molar-refractivity contribution < 1.29 is 24.2 Å². The molecular formula is C25H18Cl2O5. The van der Waals surface area contributed by atoms with Gasteiger partial charge in [-0.1, -0.05) is 35.3 Å². The summed E-state index contributed by atoms with van der Waals surface area (Å²) in [5, 5.41) is 9.69. The van der Waals surface area contributed by atoms with E-state index in [1.165, 1.54) is 0 Å². The number of hydrogen-bond donors (Lipinski definition) is 1. The molecule has 4 rings (SSSR count). The highest BCUT2D eigenvalue weighted by Gasteiger charge is 2.25.